The van der Waals surface area contributed by atoms with Crippen molar-refractivity contribution in [1.29, 1.82) is 0 Å². The molecular formula is C13H23NO3. The Labute approximate surface area is 103 Å². The molecule has 1 aliphatic heterocycles. The number of nitrogens with one attached hydrogen (secondary N) is 1. The number of hydrogen-bond donors (Lipinski definition) is 2. The maximum atomic E-state index is 11.9. The molecule has 0 spiro atoms. The molecular weight excluding hydrogens is 218 g/mol. The van der Waals surface area contributed by atoms with E-state index >= 15 is 0 Å². The molecule has 17 heavy (non-hydrogen) atoms. The second-order valence-electron chi connectivity index (χ2n) is 5.29. The summed E-state index contributed by atoms with van der Waals surface area (Å²) in [7, 11) is 0. The fourth-order valence-electron chi connectivity index (χ4n) is 2.95. The first-order valence-electron chi connectivity index (χ1n) is 6.77. The minimum Gasteiger partial charge on any atom is -0.396 e. The molecule has 0 aromatic carbocycles. The molecule has 1 saturated heterocycles. The van der Waals surface area contributed by atoms with Crippen LogP contribution in [0.5, 0.6) is 0 Å². The van der Waals surface area contributed by atoms with Crippen molar-refractivity contribution >= 4 is 5.91 Å². The largest absolute Gasteiger partial charge is 0.396 e. The molecule has 3 atom stereocenters. The fraction of sp³-hybridized carbons (Fsp3) is 0.923. The molecule has 4 heteroatoms. The highest BCUT2D eigenvalue weighted by Gasteiger charge is 2.28. The van der Waals surface area contributed by atoms with Crippen LogP contribution in [0, 0.1) is 17.8 Å². The van der Waals surface area contributed by atoms with Crippen molar-refractivity contribution in [2.75, 3.05) is 26.4 Å². The van der Waals surface area contributed by atoms with Crippen molar-refractivity contribution in [2.45, 2.75) is 32.1 Å². The smallest absolute Gasteiger partial charge is 0.225 e. The molecule has 0 aromatic heterocycles. The van der Waals surface area contributed by atoms with Crippen LogP contribution in [0.25, 0.3) is 0 Å². The van der Waals surface area contributed by atoms with Gasteiger partial charge in [-0.25, -0.2) is 0 Å². The van der Waals surface area contributed by atoms with Crippen molar-refractivity contribution in [2.24, 2.45) is 17.8 Å². The molecule has 2 aliphatic rings. The second kappa shape index (κ2) is 6.36. The average Bonchev–Trinajstić information content (AvgIpc) is 2.84. The Morgan fingerprint density at radius 3 is 2.76 bits per heavy atom. The van der Waals surface area contributed by atoms with Gasteiger partial charge in [0, 0.05) is 19.8 Å². The van der Waals surface area contributed by atoms with Crippen molar-refractivity contribution in [3.63, 3.8) is 0 Å². The van der Waals surface area contributed by atoms with Gasteiger partial charge in [-0.1, -0.05) is 6.42 Å². The van der Waals surface area contributed by atoms with Gasteiger partial charge in [0.2, 0.25) is 5.91 Å². The number of carbonyl (C=O) groups is 1. The van der Waals surface area contributed by atoms with E-state index in [9.17, 15) is 9.90 Å². The van der Waals surface area contributed by atoms with Gasteiger partial charge in [0.25, 0.3) is 0 Å². The van der Waals surface area contributed by atoms with Crippen LogP contribution >= 0.6 is 0 Å². The molecule has 4 nitrogen and oxygen atoms in total. The van der Waals surface area contributed by atoms with Crippen LogP contribution in [0.4, 0.5) is 0 Å². The van der Waals surface area contributed by atoms with Crippen LogP contribution in [-0.2, 0) is 9.53 Å². The molecule has 1 amide bonds. The monoisotopic (exact) mass is 241 g/mol. The fourth-order valence-corrected chi connectivity index (χ4v) is 2.95. The lowest BCUT2D eigenvalue weighted by Crippen LogP contribution is -2.38. The zero-order valence-corrected chi connectivity index (χ0v) is 10.4. The van der Waals surface area contributed by atoms with Gasteiger partial charge in [-0.2, -0.15) is 0 Å². The third-order valence-electron chi connectivity index (χ3n) is 4.12. The lowest BCUT2D eigenvalue weighted by Gasteiger charge is -2.23. The molecule has 1 saturated carbocycles. The van der Waals surface area contributed by atoms with E-state index < -0.39 is 0 Å². The minimum atomic E-state index is 0.0396. The summed E-state index contributed by atoms with van der Waals surface area (Å²) in [6, 6.07) is 0. The molecule has 0 bridgehead atoms. The van der Waals surface area contributed by atoms with Gasteiger partial charge in [0.15, 0.2) is 0 Å². The number of aliphatic hydroxyl groups is 1. The highest BCUT2D eigenvalue weighted by atomic mass is 16.5. The van der Waals surface area contributed by atoms with Gasteiger partial charge in [-0.05, 0) is 37.5 Å². The first-order chi connectivity index (χ1) is 8.31. The van der Waals surface area contributed by atoms with Gasteiger partial charge in [-0.3, -0.25) is 4.79 Å². The highest BCUT2D eigenvalue weighted by molar-refractivity contribution is 5.78. The van der Waals surface area contributed by atoms with E-state index in [4.69, 9.17) is 4.74 Å². The van der Waals surface area contributed by atoms with E-state index in [2.05, 4.69) is 5.32 Å². The number of ether oxygens (including phenoxy) is 1. The standard InChI is InChI=1S/C13H23NO3/c15-8-11-4-1-3-10(11)7-14-13(16)12-5-2-6-17-9-12/h10-12,15H,1-9H2,(H,14,16). The van der Waals surface area contributed by atoms with Crippen molar-refractivity contribution in [1.82, 2.24) is 5.32 Å². The minimum absolute atomic E-state index is 0.0396. The highest BCUT2D eigenvalue weighted by Crippen LogP contribution is 2.30. The van der Waals surface area contributed by atoms with E-state index in [0.717, 1.165) is 38.8 Å². The van der Waals surface area contributed by atoms with Crippen molar-refractivity contribution in [3.8, 4) is 0 Å². The first kappa shape index (κ1) is 12.8. The lowest BCUT2D eigenvalue weighted by molar-refractivity contribution is -0.129. The summed E-state index contributed by atoms with van der Waals surface area (Å²) in [5.41, 5.74) is 0. The first-order valence-corrected chi connectivity index (χ1v) is 6.77. The quantitative estimate of drug-likeness (QED) is 0.770. The predicted octanol–water partition coefficient (Wildman–Crippen LogP) is 0.938. The summed E-state index contributed by atoms with van der Waals surface area (Å²) in [6.45, 7) is 2.34. The maximum Gasteiger partial charge on any atom is 0.225 e. The summed E-state index contributed by atoms with van der Waals surface area (Å²) in [5, 5.41) is 12.2. The predicted molar refractivity (Wildman–Crippen MR) is 64.5 cm³/mol. The number of aliphatic hydroxyl groups excluding tert-OH is 1. The summed E-state index contributed by atoms with van der Waals surface area (Å²) in [5.74, 6) is 1.03. The van der Waals surface area contributed by atoms with Crippen LogP contribution in [0.1, 0.15) is 32.1 Å². The van der Waals surface area contributed by atoms with Crippen molar-refractivity contribution < 1.29 is 14.6 Å². The molecule has 1 heterocycles. The zero-order chi connectivity index (χ0) is 12.1. The molecule has 2 N–H and O–H groups in total. The third kappa shape index (κ3) is 3.42. The van der Waals surface area contributed by atoms with Crippen LogP contribution in [0.3, 0.4) is 0 Å². The topological polar surface area (TPSA) is 58.6 Å². The van der Waals surface area contributed by atoms with Gasteiger partial charge in [0.05, 0.1) is 12.5 Å². The molecule has 3 unspecified atom stereocenters. The van der Waals surface area contributed by atoms with E-state index in [0.29, 0.717) is 18.4 Å². The van der Waals surface area contributed by atoms with E-state index in [1.807, 2.05) is 0 Å². The summed E-state index contributed by atoms with van der Waals surface area (Å²) in [4.78, 5) is 11.9. The van der Waals surface area contributed by atoms with E-state index in [1.54, 1.807) is 0 Å². The Bertz CT molecular complexity index is 251. The Balaban J connectivity index is 1.71. The van der Waals surface area contributed by atoms with Crippen molar-refractivity contribution in [3.05, 3.63) is 0 Å². The Morgan fingerprint density at radius 2 is 2.06 bits per heavy atom. The van der Waals surface area contributed by atoms with Crippen LogP contribution in [-0.4, -0.2) is 37.4 Å². The van der Waals surface area contributed by atoms with Gasteiger partial charge < -0.3 is 15.2 Å². The molecule has 2 rings (SSSR count). The maximum absolute atomic E-state index is 11.9. The number of rotatable bonds is 4. The van der Waals surface area contributed by atoms with Gasteiger partial charge >= 0.3 is 0 Å². The SMILES string of the molecule is O=C(NCC1CCCC1CO)C1CCCOC1. The summed E-state index contributed by atoms with van der Waals surface area (Å²) < 4.78 is 5.32. The average molecular weight is 241 g/mol. The van der Waals surface area contributed by atoms with Crippen LogP contribution in [0.2, 0.25) is 0 Å². The lowest BCUT2D eigenvalue weighted by atomic mass is 9.96. The van der Waals surface area contributed by atoms with E-state index in [1.165, 1.54) is 6.42 Å². The second-order valence-corrected chi connectivity index (χ2v) is 5.29. The number of hydrogen-bond acceptors (Lipinski definition) is 3. The van der Waals surface area contributed by atoms with Gasteiger partial charge in [-0.15, -0.1) is 0 Å². The number of amides is 1. The molecule has 1 aliphatic carbocycles. The number of carbonyl (C=O) groups excluding carboxylic acids is 1. The summed E-state index contributed by atoms with van der Waals surface area (Å²) >= 11 is 0. The Morgan fingerprint density at radius 1 is 1.24 bits per heavy atom. The molecule has 2 fully saturated rings. The molecule has 0 radical (unpaired) electrons. The van der Waals surface area contributed by atoms with Crippen LogP contribution < -0.4 is 5.32 Å². The Hall–Kier alpha value is -0.610. The van der Waals surface area contributed by atoms with Gasteiger partial charge in [0.1, 0.15) is 0 Å². The van der Waals surface area contributed by atoms with E-state index in [-0.39, 0.29) is 18.4 Å². The Kier molecular flexibility index (Phi) is 4.80. The third-order valence-corrected chi connectivity index (χ3v) is 4.12. The molecule has 98 valence electrons. The normalized spacial score (nSPS) is 33.6. The summed E-state index contributed by atoms with van der Waals surface area (Å²) in [6.07, 6.45) is 5.34. The van der Waals surface area contributed by atoms with Crippen LogP contribution in [0.15, 0.2) is 0 Å². The zero-order valence-electron chi connectivity index (χ0n) is 10.4. The molecule has 0 aromatic rings.